The van der Waals surface area contributed by atoms with Crippen LogP contribution in [0.1, 0.15) is 12.5 Å². The van der Waals surface area contributed by atoms with Crippen LogP contribution in [0.4, 0.5) is 5.69 Å². The van der Waals surface area contributed by atoms with Crippen molar-refractivity contribution in [3.05, 3.63) is 63.7 Å². The van der Waals surface area contributed by atoms with Crippen molar-refractivity contribution in [1.29, 1.82) is 0 Å². The first-order valence-corrected chi connectivity index (χ1v) is 8.21. The fourth-order valence-corrected chi connectivity index (χ4v) is 2.17. The summed E-state index contributed by atoms with van der Waals surface area (Å²) in [6.07, 6.45) is -0.254. The molecule has 1 atom stereocenters. The lowest BCUT2D eigenvalue weighted by atomic mass is 10.1. The number of carbonyl (C=O) groups excluding carboxylic acids is 1. The monoisotopic (exact) mass is 423 g/mol. The molecule has 0 aromatic heterocycles. The van der Waals surface area contributed by atoms with Crippen LogP contribution in [0.15, 0.2) is 59.8 Å². The molecule has 0 fully saturated rings. The number of nitrogens with two attached hydrogens (primary N) is 1. The molecule has 6 heteroatoms. The summed E-state index contributed by atoms with van der Waals surface area (Å²) in [5.41, 5.74) is 7.57. The van der Waals surface area contributed by atoms with Gasteiger partial charge in [-0.3, -0.25) is 4.79 Å². The van der Waals surface area contributed by atoms with E-state index >= 15 is 0 Å². The lowest BCUT2D eigenvalue weighted by Gasteiger charge is -2.11. The molecule has 5 nitrogen and oxygen atoms in total. The van der Waals surface area contributed by atoms with Crippen molar-refractivity contribution in [2.75, 3.05) is 5.32 Å². The Kier molecular flexibility index (Phi) is 6.40. The lowest BCUT2D eigenvalue weighted by molar-refractivity contribution is -0.126. The van der Waals surface area contributed by atoms with Crippen LogP contribution in [0.3, 0.4) is 0 Å². The van der Waals surface area contributed by atoms with Gasteiger partial charge in [0.05, 0.1) is 0 Å². The van der Waals surface area contributed by atoms with Crippen LogP contribution in [-0.2, 0) is 16.1 Å². The highest BCUT2D eigenvalue weighted by Gasteiger charge is 2.14. The van der Waals surface area contributed by atoms with Crippen LogP contribution >= 0.6 is 22.6 Å². The fourth-order valence-electron chi connectivity index (χ4n) is 1.81. The van der Waals surface area contributed by atoms with Gasteiger partial charge in [-0.1, -0.05) is 35.5 Å². The van der Waals surface area contributed by atoms with E-state index in [1.165, 1.54) is 0 Å². The molecule has 0 saturated carbocycles. The van der Waals surface area contributed by atoms with E-state index in [9.17, 15) is 4.79 Å². The van der Waals surface area contributed by atoms with Gasteiger partial charge in [0.25, 0.3) is 5.91 Å². The number of oxime groups is 1. The highest BCUT2D eigenvalue weighted by atomic mass is 127. The van der Waals surface area contributed by atoms with E-state index in [0.717, 1.165) is 9.13 Å². The van der Waals surface area contributed by atoms with E-state index in [1.54, 1.807) is 6.92 Å². The van der Waals surface area contributed by atoms with Crippen molar-refractivity contribution >= 4 is 40.0 Å². The SMILES string of the molecule is CC(O/N=C(/N)Cc1ccccc1)C(=O)Nc1ccc(I)cc1. The topological polar surface area (TPSA) is 76.7 Å². The molecule has 2 rings (SSSR count). The van der Waals surface area contributed by atoms with Crippen LogP contribution in [0.5, 0.6) is 0 Å². The molecule has 3 N–H and O–H groups in total. The number of carbonyl (C=O) groups is 1. The van der Waals surface area contributed by atoms with E-state index in [-0.39, 0.29) is 5.91 Å². The first-order valence-electron chi connectivity index (χ1n) is 7.13. The van der Waals surface area contributed by atoms with Gasteiger partial charge >= 0.3 is 0 Å². The van der Waals surface area contributed by atoms with Crippen LogP contribution in [0.2, 0.25) is 0 Å². The van der Waals surface area contributed by atoms with Crippen molar-refractivity contribution in [3.8, 4) is 0 Å². The standard InChI is InChI=1S/C17H18IN3O2/c1-12(17(22)20-15-9-7-14(18)8-10-15)23-21-16(19)11-13-5-3-2-4-6-13/h2-10,12H,11H2,1H3,(H2,19,21)(H,20,22). The number of nitrogens with one attached hydrogen (secondary N) is 1. The Labute approximate surface area is 149 Å². The number of anilines is 1. The summed E-state index contributed by atoms with van der Waals surface area (Å²) in [4.78, 5) is 17.2. The van der Waals surface area contributed by atoms with Gasteiger partial charge in [-0.15, -0.1) is 0 Å². The van der Waals surface area contributed by atoms with Crippen LogP contribution in [0.25, 0.3) is 0 Å². The van der Waals surface area contributed by atoms with Crippen LogP contribution in [0, 0.1) is 3.57 Å². The zero-order chi connectivity index (χ0) is 16.7. The Hall–Kier alpha value is -2.09. The Morgan fingerprint density at radius 3 is 2.52 bits per heavy atom. The Morgan fingerprint density at radius 1 is 1.22 bits per heavy atom. The zero-order valence-corrected chi connectivity index (χ0v) is 14.9. The third kappa shape index (κ3) is 5.90. The summed E-state index contributed by atoms with van der Waals surface area (Å²) in [5, 5.41) is 6.59. The fraction of sp³-hybridized carbons (Fsp3) is 0.176. The number of hydrogen-bond acceptors (Lipinski definition) is 3. The summed E-state index contributed by atoms with van der Waals surface area (Å²) in [6, 6.07) is 17.2. The first-order chi connectivity index (χ1) is 11.0. The molecule has 1 unspecified atom stereocenters. The van der Waals surface area contributed by atoms with Crippen molar-refractivity contribution in [2.24, 2.45) is 10.9 Å². The number of amidine groups is 1. The van der Waals surface area contributed by atoms with Gasteiger partial charge in [0, 0.05) is 15.7 Å². The van der Waals surface area contributed by atoms with Crippen LogP contribution in [-0.4, -0.2) is 17.8 Å². The molecule has 0 aliphatic heterocycles. The molecule has 0 bridgehead atoms. The second-order valence-corrected chi connectivity index (χ2v) is 6.23. The number of benzene rings is 2. The minimum absolute atomic E-state index is 0.275. The molecule has 2 aromatic carbocycles. The molecule has 120 valence electrons. The van der Waals surface area contributed by atoms with Gasteiger partial charge in [0.1, 0.15) is 5.84 Å². The van der Waals surface area contributed by atoms with E-state index in [4.69, 9.17) is 10.6 Å². The van der Waals surface area contributed by atoms with Crippen molar-refractivity contribution < 1.29 is 9.63 Å². The predicted molar refractivity (Wildman–Crippen MR) is 100 cm³/mol. The summed E-state index contributed by atoms with van der Waals surface area (Å²) in [7, 11) is 0. The van der Waals surface area contributed by atoms with E-state index in [0.29, 0.717) is 17.9 Å². The predicted octanol–water partition coefficient (Wildman–Crippen LogP) is 3.15. The average molecular weight is 423 g/mol. The Bertz CT molecular complexity index is 672. The number of hydrogen-bond donors (Lipinski definition) is 2. The van der Waals surface area contributed by atoms with Gasteiger partial charge in [-0.25, -0.2) is 0 Å². The molecular formula is C17H18IN3O2. The Balaban J connectivity index is 1.85. The third-order valence-corrected chi connectivity index (χ3v) is 3.76. The van der Waals surface area contributed by atoms with Crippen molar-refractivity contribution in [3.63, 3.8) is 0 Å². The smallest absolute Gasteiger partial charge is 0.267 e. The van der Waals surface area contributed by atoms with Gasteiger partial charge in [0.15, 0.2) is 0 Å². The van der Waals surface area contributed by atoms with E-state index in [2.05, 4.69) is 33.1 Å². The quantitative estimate of drug-likeness (QED) is 0.325. The number of halogens is 1. The first kappa shape index (κ1) is 17.3. The number of rotatable bonds is 6. The molecule has 0 saturated heterocycles. The highest BCUT2D eigenvalue weighted by Crippen LogP contribution is 2.11. The average Bonchev–Trinajstić information content (AvgIpc) is 2.55. The van der Waals surface area contributed by atoms with Crippen molar-refractivity contribution in [2.45, 2.75) is 19.4 Å². The molecule has 0 radical (unpaired) electrons. The number of nitrogens with zero attached hydrogens (tertiary/aromatic N) is 1. The third-order valence-electron chi connectivity index (χ3n) is 3.04. The molecule has 0 aliphatic carbocycles. The molecule has 0 heterocycles. The van der Waals surface area contributed by atoms with Gasteiger partial charge < -0.3 is 15.9 Å². The largest absolute Gasteiger partial charge is 0.384 e. The minimum atomic E-state index is -0.733. The van der Waals surface area contributed by atoms with Crippen molar-refractivity contribution in [1.82, 2.24) is 0 Å². The summed E-state index contributed by atoms with van der Waals surface area (Å²) in [6.45, 7) is 1.63. The second kappa shape index (κ2) is 8.52. The van der Waals surface area contributed by atoms with E-state index < -0.39 is 6.10 Å². The molecule has 23 heavy (non-hydrogen) atoms. The molecule has 0 spiro atoms. The highest BCUT2D eigenvalue weighted by molar-refractivity contribution is 14.1. The summed E-state index contributed by atoms with van der Waals surface area (Å²) < 4.78 is 1.10. The molecule has 0 aliphatic rings. The second-order valence-electron chi connectivity index (χ2n) is 4.99. The molecular weight excluding hydrogens is 405 g/mol. The maximum atomic E-state index is 12.0. The van der Waals surface area contributed by atoms with Crippen LogP contribution < -0.4 is 11.1 Å². The molecule has 1 amide bonds. The normalized spacial score (nSPS) is 12.5. The summed E-state index contributed by atoms with van der Waals surface area (Å²) >= 11 is 2.20. The van der Waals surface area contributed by atoms with Gasteiger partial charge in [-0.05, 0) is 59.3 Å². The maximum Gasteiger partial charge on any atom is 0.267 e. The number of amides is 1. The maximum absolute atomic E-state index is 12.0. The van der Waals surface area contributed by atoms with Gasteiger partial charge in [-0.2, -0.15) is 0 Å². The Morgan fingerprint density at radius 2 is 1.87 bits per heavy atom. The lowest BCUT2D eigenvalue weighted by Crippen LogP contribution is -2.27. The summed E-state index contributed by atoms with van der Waals surface area (Å²) in [5.74, 6) is 0.0487. The zero-order valence-electron chi connectivity index (χ0n) is 12.7. The van der Waals surface area contributed by atoms with E-state index in [1.807, 2.05) is 54.6 Å². The molecule has 2 aromatic rings. The van der Waals surface area contributed by atoms with Gasteiger partial charge in [0.2, 0.25) is 6.10 Å². The minimum Gasteiger partial charge on any atom is -0.384 e.